The van der Waals surface area contributed by atoms with Crippen LogP contribution in [0.3, 0.4) is 0 Å². The molecule has 5 rings (SSSR count). The van der Waals surface area contributed by atoms with Gasteiger partial charge in [0.15, 0.2) is 4.80 Å². The van der Waals surface area contributed by atoms with Crippen LogP contribution in [0.25, 0.3) is 6.08 Å². The summed E-state index contributed by atoms with van der Waals surface area (Å²) >= 11 is 19.9. The van der Waals surface area contributed by atoms with Crippen LogP contribution in [-0.2, 0) is 16.1 Å². The van der Waals surface area contributed by atoms with E-state index in [0.717, 1.165) is 16.7 Å². The summed E-state index contributed by atoms with van der Waals surface area (Å²) in [5, 5.41) is 1.51. The van der Waals surface area contributed by atoms with Crippen LogP contribution in [0.15, 0.2) is 81.7 Å². The fourth-order valence-electron chi connectivity index (χ4n) is 4.55. The number of nitrogens with zero attached hydrogens (tertiary/aromatic N) is 2. The molecule has 0 fully saturated rings. The van der Waals surface area contributed by atoms with Gasteiger partial charge < -0.3 is 9.47 Å². The molecule has 0 spiro atoms. The summed E-state index contributed by atoms with van der Waals surface area (Å²) < 4.78 is 13.4. The standard InChI is InChI=1S/C31H25Cl3N2O4S/c1-4-39-30(38)27-18(3)35-31-36(28(27)19-7-5-17(2)6-8-19)29(37)26(41-31)14-21-13-22(32)11-12-25(21)40-16-20-9-10-23(33)15-24(20)34/h5-15,28H,4,16H2,1-3H3/b26-14-/t28-/m1/s1. The Kier molecular flexibility index (Phi) is 8.71. The molecule has 10 heteroatoms. The van der Waals surface area contributed by atoms with Gasteiger partial charge in [-0.2, -0.15) is 0 Å². The molecule has 0 bridgehead atoms. The Bertz CT molecular complexity index is 1860. The first-order valence-corrected chi connectivity index (χ1v) is 14.7. The molecule has 0 saturated carbocycles. The van der Waals surface area contributed by atoms with Crippen LogP contribution in [0.5, 0.6) is 5.75 Å². The number of carbonyl (C=O) groups excluding carboxylic acids is 1. The molecular weight excluding hydrogens is 603 g/mol. The van der Waals surface area contributed by atoms with Crippen LogP contribution in [0, 0.1) is 6.92 Å². The lowest BCUT2D eigenvalue weighted by atomic mass is 9.95. The van der Waals surface area contributed by atoms with E-state index in [2.05, 4.69) is 4.99 Å². The number of aromatic nitrogens is 1. The second-order valence-corrected chi connectivity index (χ2v) is 11.7. The highest BCUT2D eigenvalue weighted by atomic mass is 35.5. The summed E-state index contributed by atoms with van der Waals surface area (Å²) in [6, 6.07) is 17.4. The number of thiazole rings is 1. The van der Waals surface area contributed by atoms with Gasteiger partial charge in [0.25, 0.3) is 5.56 Å². The third kappa shape index (κ3) is 6.14. The molecule has 6 nitrogen and oxygen atoms in total. The number of hydrogen-bond acceptors (Lipinski definition) is 6. The van der Waals surface area contributed by atoms with E-state index < -0.39 is 12.0 Å². The van der Waals surface area contributed by atoms with Crippen LogP contribution in [0.2, 0.25) is 15.1 Å². The normalized spacial score (nSPS) is 15.0. The topological polar surface area (TPSA) is 69.9 Å². The fourth-order valence-corrected chi connectivity index (χ4v) is 6.24. The van der Waals surface area contributed by atoms with Gasteiger partial charge in [-0.05, 0) is 62.7 Å². The molecule has 0 aliphatic carbocycles. The number of fused-ring (bicyclic) bond motifs is 1. The number of halogens is 3. The number of carbonyl (C=O) groups is 1. The van der Waals surface area contributed by atoms with E-state index in [1.807, 2.05) is 31.2 Å². The Morgan fingerprint density at radius 2 is 1.73 bits per heavy atom. The van der Waals surface area contributed by atoms with Gasteiger partial charge in [-0.15, -0.1) is 0 Å². The fraction of sp³-hybridized carbons (Fsp3) is 0.194. The highest BCUT2D eigenvalue weighted by Crippen LogP contribution is 2.31. The Labute approximate surface area is 255 Å². The number of ether oxygens (including phenoxy) is 2. The Morgan fingerprint density at radius 3 is 2.44 bits per heavy atom. The largest absolute Gasteiger partial charge is 0.488 e. The molecule has 0 amide bonds. The summed E-state index contributed by atoms with van der Waals surface area (Å²) in [5.41, 5.74) is 3.77. The van der Waals surface area contributed by atoms with Crippen LogP contribution in [0.4, 0.5) is 0 Å². The van der Waals surface area contributed by atoms with Crippen LogP contribution >= 0.6 is 46.1 Å². The highest BCUT2D eigenvalue weighted by Gasteiger charge is 2.33. The summed E-state index contributed by atoms with van der Waals surface area (Å²) in [5.74, 6) is 0.0183. The average Bonchev–Trinajstić information content (AvgIpc) is 3.23. The quantitative estimate of drug-likeness (QED) is 0.215. The molecule has 1 aliphatic rings. The minimum Gasteiger partial charge on any atom is -0.488 e. The number of esters is 1. The molecule has 1 atom stereocenters. The predicted molar refractivity (Wildman–Crippen MR) is 164 cm³/mol. The lowest BCUT2D eigenvalue weighted by molar-refractivity contribution is -0.139. The van der Waals surface area contributed by atoms with Gasteiger partial charge >= 0.3 is 5.97 Å². The summed E-state index contributed by atoms with van der Waals surface area (Å²) in [6.07, 6.45) is 1.73. The maximum Gasteiger partial charge on any atom is 0.338 e. The van der Waals surface area contributed by atoms with Crippen molar-refractivity contribution in [2.75, 3.05) is 6.61 Å². The van der Waals surface area contributed by atoms with Crippen LogP contribution in [0.1, 0.15) is 42.1 Å². The van der Waals surface area contributed by atoms with Crippen molar-refractivity contribution in [1.82, 2.24) is 4.57 Å². The molecule has 2 heterocycles. The molecule has 0 radical (unpaired) electrons. The van der Waals surface area contributed by atoms with E-state index in [9.17, 15) is 9.59 Å². The molecule has 210 valence electrons. The lowest BCUT2D eigenvalue weighted by Crippen LogP contribution is -2.39. The van der Waals surface area contributed by atoms with Gasteiger partial charge in [-0.1, -0.05) is 82.0 Å². The molecular formula is C31H25Cl3N2O4S. The SMILES string of the molecule is CCOC(=O)C1=C(C)N=c2s/c(=C\c3cc(Cl)ccc3OCc3ccc(Cl)cc3Cl)c(=O)n2[C@@H]1c1ccc(C)cc1. The van der Waals surface area contributed by atoms with Gasteiger partial charge in [0.1, 0.15) is 12.4 Å². The monoisotopic (exact) mass is 626 g/mol. The van der Waals surface area contributed by atoms with Crippen molar-refractivity contribution in [3.8, 4) is 5.75 Å². The first-order chi connectivity index (χ1) is 19.7. The minimum absolute atomic E-state index is 0.190. The second kappa shape index (κ2) is 12.2. The maximum absolute atomic E-state index is 14.0. The average molecular weight is 628 g/mol. The highest BCUT2D eigenvalue weighted by molar-refractivity contribution is 7.07. The lowest BCUT2D eigenvalue weighted by Gasteiger charge is -2.24. The molecule has 0 saturated heterocycles. The first kappa shape index (κ1) is 29.1. The molecule has 1 aromatic heterocycles. The number of benzene rings is 3. The van der Waals surface area contributed by atoms with Crippen molar-refractivity contribution in [3.05, 3.63) is 129 Å². The van der Waals surface area contributed by atoms with Crippen LogP contribution in [-0.4, -0.2) is 17.1 Å². The van der Waals surface area contributed by atoms with Gasteiger partial charge in [-0.3, -0.25) is 9.36 Å². The zero-order chi connectivity index (χ0) is 29.3. The molecule has 0 unspecified atom stereocenters. The number of hydrogen-bond donors (Lipinski definition) is 0. The van der Waals surface area contributed by atoms with Crippen molar-refractivity contribution in [2.45, 2.75) is 33.4 Å². The second-order valence-electron chi connectivity index (χ2n) is 9.42. The van der Waals surface area contributed by atoms with E-state index in [1.165, 1.54) is 11.3 Å². The minimum atomic E-state index is -0.685. The van der Waals surface area contributed by atoms with E-state index >= 15 is 0 Å². The molecule has 4 aromatic rings. The van der Waals surface area contributed by atoms with E-state index in [4.69, 9.17) is 44.3 Å². The van der Waals surface area contributed by atoms with Gasteiger partial charge in [0.2, 0.25) is 0 Å². The van der Waals surface area contributed by atoms with Crippen molar-refractivity contribution >= 4 is 58.2 Å². The Morgan fingerprint density at radius 1 is 1.02 bits per heavy atom. The van der Waals surface area contributed by atoms with E-state index in [0.29, 0.717) is 47.0 Å². The molecule has 0 N–H and O–H groups in total. The van der Waals surface area contributed by atoms with Gasteiger partial charge in [-0.25, -0.2) is 9.79 Å². The van der Waals surface area contributed by atoms with Crippen molar-refractivity contribution in [1.29, 1.82) is 0 Å². The molecule has 41 heavy (non-hydrogen) atoms. The molecule has 1 aliphatic heterocycles. The zero-order valence-electron chi connectivity index (χ0n) is 22.4. The van der Waals surface area contributed by atoms with Crippen molar-refractivity contribution in [3.63, 3.8) is 0 Å². The number of aryl methyl sites for hydroxylation is 1. The van der Waals surface area contributed by atoms with Crippen LogP contribution < -0.4 is 19.6 Å². The first-order valence-electron chi connectivity index (χ1n) is 12.8. The van der Waals surface area contributed by atoms with Crippen molar-refractivity contribution < 1.29 is 14.3 Å². The third-order valence-electron chi connectivity index (χ3n) is 6.57. The summed E-state index contributed by atoms with van der Waals surface area (Å²) in [7, 11) is 0. The maximum atomic E-state index is 14.0. The van der Waals surface area contributed by atoms with Gasteiger partial charge in [0.05, 0.1) is 28.5 Å². The third-order valence-corrected chi connectivity index (χ3v) is 8.37. The summed E-state index contributed by atoms with van der Waals surface area (Å²) in [4.78, 5) is 32.2. The Balaban J connectivity index is 1.61. The van der Waals surface area contributed by atoms with E-state index in [1.54, 1.807) is 60.9 Å². The van der Waals surface area contributed by atoms with E-state index in [-0.39, 0.29) is 18.8 Å². The van der Waals surface area contributed by atoms with Gasteiger partial charge in [0, 0.05) is 26.2 Å². The van der Waals surface area contributed by atoms with Crippen molar-refractivity contribution in [2.24, 2.45) is 4.99 Å². The predicted octanol–water partition coefficient (Wildman–Crippen LogP) is 6.65. The zero-order valence-corrected chi connectivity index (χ0v) is 25.5. The summed E-state index contributed by atoms with van der Waals surface area (Å²) in [6.45, 7) is 5.88. The Hall–Kier alpha value is -3.36. The number of rotatable bonds is 7. The number of allylic oxidation sites excluding steroid dienone is 1. The molecule has 3 aromatic carbocycles. The smallest absolute Gasteiger partial charge is 0.338 e.